The van der Waals surface area contributed by atoms with Gasteiger partial charge in [0.15, 0.2) is 0 Å². The molecule has 32 heavy (non-hydrogen) atoms. The Morgan fingerprint density at radius 3 is 1.78 bits per heavy atom. The molecule has 0 amide bonds. The van der Waals surface area contributed by atoms with E-state index < -0.39 is 0 Å². The smallest absolute Gasteiger partial charge is 0.0150 e. The van der Waals surface area contributed by atoms with Crippen LogP contribution in [-0.2, 0) is 12.8 Å². The molecule has 1 saturated carbocycles. The van der Waals surface area contributed by atoms with E-state index in [0.717, 1.165) is 31.1 Å². The summed E-state index contributed by atoms with van der Waals surface area (Å²) in [5, 5.41) is 0. The standard InChI is InChI=1S/C32H38/c1-3-4-6-9-26-12-16-29(17-13-26)31-20-22-32(23-21-31)30-18-14-27(15-19-30)24-25(2)28-10-7-5-8-11-28/h3-5,7-8,10-19,25,31-32H,6,9,20-24H2,1-2H3/b4-3+/t25-,31?,32?/m0/s1. The van der Waals surface area contributed by atoms with Crippen LogP contribution in [0.15, 0.2) is 91.0 Å². The molecule has 0 spiro atoms. The average Bonchev–Trinajstić information content (AvgIpc) is 2.86. The minimum atomic E-state index is 0.562. The van der Waals surface area contributed by atoms with Crippen LogP contribution in [0.4, 0.5) is 0 Å². The summed E-state index contributed by atoms with van der Waals surface area (Å²) in [5.41, 5.74) is 7.43. The van der Waals surface area contributed by atoms with Gasteiger partial charge in [0.25, 0.3) is 0 Å². The number of benzene rings is 3. The Morgan fingerprint density at radius 1 is 0.719 bits per heavy atom. The van der Waals surface area contributed by atoms with Crippen LogP contribution in [-0.4, -0.2) is 0 Å². The quantitative estimate of drug-likeness (QED) is 0.318. The summed E-state index contributed by atoms with van der Waals surface area (Å²) < 4.78 is 0. The van der Waals surface area contributed by atoms with Gasteiger partial charge in [-0.3, -0.25) is 0 Å². The number of hydrogen-bond donors (Lipinski definition) is 0. The molecule has 1 atom stereocenters. The van der Waals surface area contributed by atoms with E-state index in [2.05, 4.69) is 105 Å². The summed E-state index contributed by atoms with van der Waals surface area (Å²) in [5.74, 6) is 2.03. The molecule has 0 aliphatic heterocycles. The van der Waals surface area contributed by atoms with E-state index in [1.807, 2.05) is 0 Å². The van der Waals surface area contributed by atoms with Crippen molar-refractivity contribution in [2.24, 2.45) is 0 Å². The van der Waals surface area contributed by atoms with Gasteiger partial charge >= 0.3 is 0 Å². The maximum atomic E-state index is 2.40. The Labute approximate surface area is 195 Å². The van der Waals surface area contributed by atoms with Gasteiger partial charge in [-0.2, -0.15) is 0 Å². The highest BCUT2D eigenvalue weighted by molar-refractivity contribution is 5.30. The second-order valence-electron chi connectivity index (χ2n) is 9.66. The molecule has 4 rings (SSSR count). The molecule has 0 bridgehead atoms. The number of hydrogen-bond acceptors (Lipinski definition) is 0. The van der Waals surface area contributed by atoms with E-state index in [-0.39, 0.29) is 0 Å². The fourth-order valence-electron chi connectivity index (χ4n) is 5.31. The molecule has 0 unspecified atom stereocenters. The van der Waals surface area contributed by atoms with E-state index in [0.29, 0.717) is 5.92 Å². The summed E-state index contributed by atoms with van der Waals surface area (Å²) in [7, 11) is 0. The van der Waals surface area contributed by atoms with Crippen molar-refractivity contribution in [1.82, 2.24) is 0 Å². The zero-order valence-corrected chi connectivity index (χ0v) is 19.8. The van der Waals surface area contributed by atoms with Gasteiger partial charge in [0, 0.05) is 0 Å². The van der Waals surface area contributed by atoms with Gasteiger partial charge in [-0.25, -0.2) is 0 Å². The van der Waals surface area contributed by atoms with Crippen molar-refractivity contribution in [1.29, 1.82) is 0 Å². The highest BCUT2D eigenvalue weighted by atomic mass is 14.3. The SMILES string of the molecule is C/C=C/CCc1ccc(C2CCC(c3ccc(C[C@H](C)c4ccccc4)cc3)CC2)cc1. The van der Waals surface area contributed by atoms with Crippen molar-refractivity contribution < 1.29 is 0 Å². The van der Waals surface area contributed by atoms with Gasteiger partial charge in [0.05, 0.1) is 0 Å². The van der Waals surface area contributed by atoms with Crippen LogP contribution in [0.25, 0.3) is 0 Å². The average molecular weight is 423 g/mol. The molecule has 0 aromatic heterocycles. The lowest BCUT2D eigenvalue weighted by Gasteiger charge is -2.29. The summed E-state index contributed by atoms with van der Waals surface area (Å²) in [6, 6.07) is 29.9. The second-order valence-corrected chi connectivity index (χ2v) is 9.66. The molecule has 0 radical (unpaired) electrons. The summed E-state index contributed by atoms with van der Waals surface area (Å²) in [6.07, 6.45) is 13.1. The van der Waals surface area contributed by atoms with Gasteiger partial charge in [-0.15, -0.1) is 0 Å². The molecule has 3 aromatic carbocycles. The molecule has 3 aromatic rings. The van der Waals surface area contributed by atoms with Crippen molar-refractivity contribution in [2.45, 2.75) is 76.5 Å². The fourth-order valence-corrected chi connectivity index (χ4v) is 5.31. The van der Waals surface area contributed by atoms with Gasteiger partial charge in [0.2, 0.25) is 0 Å². The third kappa shape index (κ3) is 6.00. The Hall–Kier alpha value is -2.60. The van der Waals surface area contributed by atoms with Crippen LogP contribution in [0.1, 0.15) is 91.5 Å². The predicted octanol–water partition coefficient (Wildman–Crippen LogP) is 8.98. The first-order valence-corrected chi connectivity index (χ1v) is 12.6. The molecule has 1 aliphatic rings. The van der Waals surface area contributed by atoms with Crippen LogP contribution >= 0.6 is 0 Å². The van der Waals surface area contributed by atoms with Crippen LogP contribution in [0.5, 0.6) is 0 Å². The zero-order valence-electron chi connectivity index (χ0n) is 19.8. The molecule has 1 fully saturated rings. The van der Waals surface area contributed by atoms with Gasteiger partial charge in [-0.05, 0) is 97.4 Å². The van der Waals surface area contributed by atoms with Crippen molar-refractivity contribution in [3.63, 3.8) is 0 Å². The lowest BCUT2D eigenvalue weighted by Crippen LogP contribution is -2.12. The van der Waals surface area contributed by atoms with Crippen LogP contribution < -0.4 is 0 Å². The zero-order chi connectivity index (χ0) is 22.2. The minimum Gasteiger partial charge on any atom is -0.0917 e. The van der Waals surface area contributed by atoms with Gasteiger partial charge in [0.1, 0.15) is 0 Å². The van der Waals surface area contributed by atoms with Crippen LogP contribution in [0.3, 0.4) is 0 Å². The molecular weight excluding hydrogens is 384 g/mol. The molecular formula is C32H38. The first-order chi connectivity index (χ1) is 15.7. The summed E-state index contributed by atoms with van der Waals surface area (Å²) in [4.78, 5) is 0. The molecule has 0 saturated heterocycles. The van der Waals surface area contributed by atoms with E-state index in [4.69, 9.17) is 0 Å². The Morgan fingerprint density at radius 2 is 1.25 bits per heavy atom. The highest BCUT2D eigenvalue weighted by Crippen LogP contribution is 2.40. The third-order valence-electron chi connectivity index (χ3n) is 7.38. The Balaban J connectivity index is 1.28. The van der Waals surface area contributed by atoms with Crippen LogP contribution in [0, 0.1) is 0 Å². The number of aryl methyl sites for hydroxylation is 1. The van der Waals surface area contributed by atoms with E-state index in [1.165, 1.54) is 42.4 Å². The normalized spacial score (nSPS) is 19.8. The van der Waals surface area contributed by atoms with Crippen molar-refractivity contribution >= 4 is 0 Å². The lowest BCUT2D eigenvalue weighted by atomic mass is 9.76. The highest BCUT2D eigenvalue weighted by Gasteiger charge is 2.23. The fraction of sp³-hybridized carbons (Fsp3) is 0.375. The maximum Gasteiger partial charge on any atom is -0.0150 e. The van der Waals surface area contributed by atoms with Crippen molar-refractivity contribution in [2.75, 3.05) is 0 Å². The largest absolute Gasteiger partial charge is 0.0917 e. The monoisotopic (exact) mass is 422 g/mol. The summed E-state index contributed by atoms with van der Waals surface area (Å²) >= 11 is 0. The first-order valence-electron chi connectivity index (χ1n) is 12.6. The van der Waals surface area contributed by atoms with Crippen molar-refractivity contribution in [3.8, 4) is 0 Å². The van der Waals surface area contributed by atoms with Crippen molar-refractivity contribution in [3.05, 3.63) is 119 Å². The van der Waals surface area contributed by atoms with Gasteiger partial charge in [-0.1, -0.05) is 97.9 Å². The first kappa shape index (κ1) is 22.6. The Bertz CT molecular complexity index is 955. The van der Waals surface area contributed by atoms with E-state index >= 15 is 0 Å². The molecule has 0 heteroatoms. The van der Waals surface area contributed by atoms with E-state index in [9.17, 15) is 0 Å². The Kier molecular flexibility index (Phi) is 7.99. The van der Waals surface area contributed by atoms with Crippen LogP contribution in [0.2, 0.25) is 0 Å². The minimum absolute atomic E-state index is 0.562. The summed E-state index contributed by atoms with van der Waals surface area (Å²) in [6.45, 7) is 4.43. The second kappa shape index (κ2) is 11.3. The maximum absolute atomic E-state index is 2.40. The molecule has 0 nitrogen and oxygen atoms in total. The van der Waals surface area contributed by atoms with Gasteiger partial charge < -0.3 is 0 Å². The third-order valence-corrected chi connectivity index (χ3v) is 7.38. The molecule has 1 aliphatic carbocycles. The lowest BCUT2D eigenvalue weighted by molar-refractivity contribution is 0.396. The molecule has 166 valence electrons. The predicted molar refractivity (Wildman–Crippen MR) is 139 cm³/mol. The number of rotatable bonds is 8. The number of allylic oxidation sites excluding steroid dienone is 2. The van der Waals surface area contributed by atoms with E-state index in [1.54, 1.807) is 11.1 Å². The molecule has 0 heterocycles. The molecule has 0 N–H and O–H groups in total. The topological polar surface area (TPSA) is 0 Å².